The number of halogens is 4. The van der Waals surface area contributed by atoms with Crippen molar-refractivity contribution in [3.63, 3.8) is 0 Å². The number of alkyl halides is 3. The molecule has 1 aromatic rings. The van der Waals surface area contributed by atoms with Gasteiger partial charge in [0.05, 0.1) is 18.1 Å². The summed E-state index contributed by atoms with van der Waals surface area (Å²) in [7, 11) is 1.54. The fourth-order valence-electron chi connectivity index (χ4n) is 3.06. The van der Waals surface area contributed by atoms with Crippen molar-refractivity contribution in [2.45, 2.75) is 32.5 Å². The van der Waals surface area contributed by atoms with E-state index in [0.717, 1.165) is 12.1 Å². The Bertz CT molecular complexity index is 684. The number of guanidine groups is 1. The number of carbonyl (C=O) groups is 1. The van der Waals surface area contributed by atoms with E-state index < -0.39 is 17.6 Å². The Kier molecular flexibility index (Phi) is 7.04. The molecule has 0 unspecified atom stereocenters. The first-order chi connectivity index (χ1) is 12.8. The van der Waals surface area contributed by atoms with Crippen molar-refractivity contribution in [2.24, 2.45) is 10.9 Å². The predicted octanol–water partition coefficient (Wildman–Crippen LogP) is 3.20. The number of nitrogens with one attached hydrogen (secondary N) is 1. The van der Waals surface area contributed by atoms with Gasteiger partial charge in [-0.3, -0.25) is 9.79 Å². The SMILES string of the molecule is CCOC(=O)C1CCN(C(=NC)NCc2ccc(F)cc2C(F)(F)F)CC1. The number of hydrogen-bond donors (Lipinski definition) is 1. The summed E-state index contributed by atoms with van der Waals surface area (Å²) in [6, 6.07) is 2.61. The van der Waals surface area contributed by atoms with Crippen molar-refractivity contribution in [2.75, 3.05) is 26.7 Å². The Hall–Kier alpha value is -2.32. The Morgan fingerprint density at radius 1 is 1.33 bits per heavy atom. The minimum Gasteiger partial charge on any atom is -0.466 e. The highest BCUT2D eigenvalue weighted by Gasteiger charge is 2.34. The Morgan fingerprint density at radius 2 is 2.00 bits per heavy atom. The van der Waals surface area contributed by atoms with Crippen LogP contribution in [0, 0.1) is 11.7 Å². The zero-order valence-corrected chi connectivity index (χ0v) is 15.3. The smallest absolute Gasteiger partial charge is 0.416 e. The van der Waals surface area contributed by atoms with Crippen LogP contribution in [0.15, 0.2) is 23.2 Å². The van der Waals surface area contributed by atoms with Crippen LogP contribution in [0.25, 0.3) is 0 Å². The molecule has 1 aliphatic rings. The molecule has 0 saturated carbocycles. The minimum absolute atomic E-state index is 0.0635. The third-order valence-corrected chi connectivity index (χ3v) is 4.44. The van der Waals surface area contributed by atoms with E-state index in [1.165, 1.54) is 7.05 Å². The zero-order valence-electron chi connectivity index (χ0n) is 15.3. The average Bonchev–Trinajstić information content (AvgIpc) is 2.63. The highest BCUT2D eigenvalue weighted by molar-refractivity contribution is 5.80. The number of carbonyl (C=O) groups excluding carboxylic acids is 1. The highest BCUT2D eigenvalue weighted by atomic mass is 19.4. The number of likely N-dealkylation sites (tertiary alicyclic amines) is 1. The third-order valence-electron chi connectivity index (χ3n) is 4.44. The molecule has 1 saturated heterocycles. The molecule has 0 aliphatic carbocycles. The molecular formula is C18H23F4N3O2. The van der Waals surface area contributed by atoms with Gasteiger partial charge in [-0.25, -0.2) is 4.39 Å². The quantitative estimate of drug-likeness (QED) is 0.372. The number of ether oxygens (including phenoxy) is 1. The number of piperidine rings is 1. The Balaban J connectivity index is 1.99. The molecular weight excluding hydrogens is 366 g/mol. The van der Waals surface area contributed by atoms with Crippen LogP contribution in [0.4, 0.5) is 17.6 Å². The predicted molar refractivity (Wildman–Crippen MR) is 92.5 cm³/mol. The first kappa shape index (κ1) is 21.0. The minimum atomic E-state index is -4.64. The van der Waals surface area contributed by atoms with E-state index in [4.69, 9.17) is 4.74 Å². The molecule has 1 heterocycles. The van der Waals surface area contributed by atoms with E-state index in [0.29, 0.717) is 44.6 Å². The van der Waals surface area contributed by atoms with E-state index in [2.05, 4.69) is 10.3 Å². The Morgan fingerprint density at radius 3 is 2.56 bits per heavy atom. The number of nitrogens with zero attached hydrogens (tertiary/aromatic N) is 2. The summed E-state index contributed by atoms with van der Waals surface area (Å²) in [6.07, 6.45) is -3.46. The van der Waals surface area contributed by atoms with Crippen molar-refractivity contribution in [1.82, 2.24) is 10.2 Å². The molecule has 0 aromatic heterocycles. The van der Waals surface area contributed by atoms with Crippen molar-refractivity contribution >= 4 is 11.9 Å². The van der Waals surface area contributed by atoms with Crippen LogP contribution in [-0.4, -0.2) is 43.6 Å². The fourth-order valence-corrected chi connectivity index (χ4v) is 3.06. The third kappa shape index (κ3) is 5.58. The van der Waals surface area contributed by atoms with Gasteiger partial charge in [0.2, 0.25) is 0 Å². The van der Waals surface area contributed by atoms with E-state index in [1.54, 1.807) is 6.92 Å². The summed E-state index contributed by atoms with van der Waals surface area (Å²) in [5, 5.41) is 2.89. The first-order valence-corrected chi connectivity index (χ1v) is 8.74. The second-order valence-corrected chi connectivity index (χ2v) is 6.21. The van der Waals surface area contributed by atoms with Gasteiger partial charge in [-0.05, 0) is 37.5 Å². The monoisotopic (exact) mass is 389 g/mol. The number of esters is 1. The van der Waals surface area contributed by atoms with Gasteiger partial charge in [0.1, 0.15) is 5.82 Å². The van der Waals surface area contributed by atoms with E-state index >= 15 is 0 Å². The molecule has 5 nitrogen and oxygen atoms in total. The maximum absolute atomic E-state index is 13.2. The molecule has 2 rings (SSSR count). The van der Waals surface area contributed by atoms with Crippen molar-refractivity contribution in [3.8, 4) is 0 Å². The summed E-state index contributed by atoms with van der Waals surface area (Å²) in [6.45, 7) is 3.03. The highest BCUT2D eigenvalue weighted by Crippen LogP contribution is 2.32. The summed E-state index contributed by atoms with van der Waals surface area (Å²) in [4.78, 5) is 17.8. The van der Waals surface area contributed by atoms with Gasteiger partial charge in [0.15, 0.2) is 5.96 Å². The molecule has 0 radical (unpaired) electrons. The maximum Gasteiger partial charge on any atom is 0.416 e. The molecule has 0 bridgehead atoms. The molecule has 150 valence electrons. The number of rotatable bonds is 4. The number of aliphatic imine (C=N–C) groups is 1. The lowest BCUT2D eigenvalue weighted by molar-refractivity contribution is -0.149. The Labute approximate surface area is 155 Å². The van der Waals surface area contributed by atoms with Crippen LogP contribution >= 0.6 is 0 Å². The standard InChI is InChI=1S/C18H23F4N3O2/c1-3-27-16(26)12-6-8-25(9-7-12)17(23-2)24-11-13-4-5-14(19)10-15(13)18(20,21)22/h4-5,10,12H,3,6-9,11H2,1-2H3,(H,23,24). The van der Waals surface area contributed by atoms with Crippen LogP contribution in [0.3, 0.4) is 0 Å². The van der Waals surface area contributed by atoms with Gasteiger partial charge in [0.25, 0.3) is 0 Å². The van der Waals surface area contributed by atoms with Crippen molar-refractivity contribution in [3.05, 3.63) is 35.1 Å². The van der Waals surface area contributed by atoms with Gasteiger partial charge < -0.3 is 15.0 Å². The van der Waals surface area contributed by atoms with Crippen molar-refractivity contribution < 1.29 is 27.1 Å². The largest absolute Gasteiger partial charge is 0.466 e. The lowest BCUT2D eigenvalue weighted by Crippen LogP contribution is -2.46. The zero-order chi connectivity index (χ0) is 20.0. The van der Waals surface area contributed by atoms with E-state index in [-0.39, 0.29) is 24.0 Å². The molecule has 27 heavy (non-hydrogen) atoms. The van der Waals surface area contributed by atoms with Gasteiger partial charge in [0, 0.05) is 26.7 Å². The van der Waals surface area contributed by atoms with Crippen LogP contribution in [0.5, 0.6) is 0 Å². The van der Waals surface area contributed by atoms with Crippen LogP contribution in [-0.2, 0) is 22.3 Å². The topological polar surface area (TPSA) is 53.9 Å². The van der Waals surface area contributed by atoms with E-state index in [9.17, 15) is 22.4 Å². The van der Waals surface area contributed by atoms with Crippen LogP contribution in [0.2, 0.25) is 0 Å². The summed E-state index contributed by atoms with van der Waals surface area (Å²) < 4.78 is 57.5. The van der Waals surface area contributed by atoms with E-state index in [1.807, 2.05) is 4.90 Å². The van der Waals surface area contributed by atoms with Gasteiger partial charge in [-0.1, -0.05) is 6.07 Å². The molecule has 1 fully saturated rings. The van der Waals surface area contributed by atoms with Crippen LogP contribution in [0.1, 0.15) is 30.9 Å². The second kappa shape index (κ2) is 9.05. The molecule has 1 aliphatic heterocycles. The van der Waals surface area contributed by atoms with Gasteiger partial charge in [-0.15, -0.1) is 0 Å². The summed E-state index contributed by atoms with van der Waals surface area (Å²) in [5.74, 6) is -0.888. The molecule has 0 atom stereocenters. The molecule has 9 heteroatoms. The molecule has 1 N–H and O–H groups in total. The molecule has 0 amide bonds. The normalized spacial score (nSPS) is 16.4. The summed E-state index contributed by atoms with van der Waals surface area (Å²) >= 11 is 0. The fraction of sp³-hybridized carbons (Fsp3) is 0.556. The molecule has 1 aromatic carbocycles. The van der Waals surface area contributed by atoms with Crippen LogP contribution < -0.4 is 5.32 Å². The first-order valence-electron chi connectivity index (χ1n) is 8.74. The van der Waals surface area contributed by atoms with Gasteiger partial charge >= 0.3 is 12.1 Å². The van der Waals surface area contributed by atoms with Crippen molar-refractivity contribution in [1.29, 1.82) is 0 Å². The van der Waals surface area contributed by atoms with Gasteiger partial charge in [-0.2, -0.15) is 13.2 Å². The molecule has 0 spiro atoms. The summed E-state index contributed by atoms with van der Waals surface area (Å²) in [5.41, 5.74) is -1.07. The average molecular weight is 389 g/mol. The number of hydrogen-bond acceptors (Lipinski definition) is 3. The lowest BCUT2D eigenvalue weighted by Gasteiger charge is -2.33. The second-order valence-electron chi connectivity index (χ2n) is 6.21. The number of benzene rings is 1. The lowest BCUT2D eigenvalue weighted by atomic mass is 9.97. The maximum atomic E-state index is 13.2.